The topological polar surface area (TPSA) is 115 Å². The lowest BCUT2D eigenvalue weighted by Crippen LogP contribution is -2.37. The highest BCUT2D eigenvalue weighted by Gasteiger charge is 2.30. The zero-order valence-corrected chi connectivity index (χ0v) is 45.9. The molecule has 0 unspecified atom stereocenters. The largest absolute Gasteiger partial charge is 0.342 e. The second-order valence-corrected chi connectivity index (χ2v) is 21.6. The van der Waals surface area contributed by atoms with Crippen molar-refractivity contribution in [2.75, 3.05) is 26.2 Å². The summed E-state index contributed by atoms with van der Waals surface area (Å²) in [5, 5.41) is 20.2. The summed E-state index contributed by atoms with van der Waals surface area (Å²) < 4.78 is 5.83. The van der Waals surface area contributed by atoms with E-state index in [2.05, 4.69) is 88.0 Å². The van der Waals surface area contributed by atoms with Crippen molar-refractivity contribution >= 4 is 122 Å². The molecule has 2 fully saturated rings. The number of fused-ring (bicyclic) bond motifs is 4. The summed E-state index contributed by atoms with van der Waals surface area (Å²) in [4.78, 5) is 39.4. The van der Waals surface area contributed by atoms with E-state index in [1.807, 2.05) is 34.3 Å². The molecule has 6 heterocycles. The van der Waals surface area contributed by atoms with Crippen LogP contribution in [0.15, 0.2) is 127 Å². The van der Waals surface area contributed by atoms with Crippen LogP contribution < -0.4 is 9.46 Å². The molecule has 0 spiro atoms. The average Bonchev–Trinajstić information content (AvgIpc) is 3.61. The lowest BCUT2D eigenvalue weighted by atomic mass is 9.88. The van der Waals surface area contributed by atoms with Crippen LogP contribution in [0, 0.1) is 0 Å². The number of carbonyl (C=O) groups excluding carboxylic acids is 2. The molecule has 6 aromatic rings. The van der Waals surface area contributed by atoms with Gasteiger partial charge in [-0.05, 0) is 184 Å². The number of pyridine rings is 4. The van der Waals surface area contributed by atoms with Gasteiger partial charge in [0.05, 0.1) is 34.3 Å². The van der Waals surface area contributed by atoms with Crippen molar-refractivity contribution in [1.82, 2.24) is 19.8 Å². The Bertz CT molecular complexity index is 2800. The van der Waals surface area contributed by atoms with Gasteiger partial charge < -0.3 is 9.80 Å². The summed E-state index contributed by atoms with van der Waals surface area (Å²) in [5.41, 5.74) is 16.1. The zero-order valence-electron chi connectivity index (χ0n) is 37.2. The van der Waals surface area contributed by atoms with Gasteiger partial charge >= 0.3 is 0 Å². The minimum absolute atomic E-state index is 0. The van der Waals surface area contributed by atoms with Crippen molar-refractivity contribution in [1.29, 1.82) is 0 Å². The van der Waals surface area contributed by atoms with Gasteiger partial charge in [0.2, 0.25) is 36.6 Å². The van der Waals surface area contributed by atoms with Crippen molar-refractivity contribution in [3.8, 4) is 0 Å². The fraction of sp³-hybridized carbons (Fsp3) is 0.269. The third kappa shape index (κ3) is 11.5. The molecule has 0 atom stereocenters. The van der Waals surface area contributed by atoms with Crippen molar-refractivity contribution in [3.05, 3.63) is 193 Å². The van der Waals surface area contributed by atoms with Crippen LogP contribution in [0.3, 0.4) is 0 Å². The van der Waals surface area contributed by atoms with Crippen LogP contribution in [0.4, 0.5) is 0 Å². The molecule has 2 aliphatic carbocycles. The Morgan fingerprint density at radius 3 is 1.28 bits per heavy atom. The van der Waals surface area contributed by atoms with Crippen LogP contribution in [0.5, 0.6) is 0 Å². The monoisotopic (exact) mass is 1240 g/mol. The van der Waals surface area contributed by atoms with E-state index in [1.54, 1.807) is 24.3 Å². The number of likely N-dealkylation sites (tertiary alicyclic amines) is 2. The summed E-state index contributed by atoms with van der Waals surface area (Å²) in [6.45, 7) is 2.72. The van der Waals surface area contributed by atoms with Crippen LogP contribution in [0.2, 0.25) is 10.0 Å². The Labute approximate surface area is 450 Å². The molecule has 4 aliphatic rings. The lowest BCUT2D eigenvalue weighted by molar-refractivity contribution is -0.904. The maximum atomic E-state index is 12.9. The number of amides is 2. The maximum Gasteiger partial charge on any atom is 0.227 e. The van der Waals surface area contributed by atoms with E-state index in [4.69, 9.17) is 33.2 Å². The standard InChI is InChI=1S/2C26H23Br2ClN3O2.ClH/c2*27-19-14-18-1-2-21-20(3-4-22(29)25(21)28)24(26(18)30-15-19)17-7-9-31(10-8-17)23(33)13-16-5-11-32(34)12-6-16;/h2*3-6,11-12,14-15,34H,1-2,7-10,13H2;1H/q2*+1;. The normalized spacial score (nSPS) is 15.3. The molecule has 2 aromatic carbocycles. The van der Waals surface area contributed by atoms with Crippen molar-refractivity contribution in [2.24, 2.45) is 0 Å². The van der Waals surface area contributed by atoms with Gasteiger partial charge in [-0.3, -0.25) is 30.0 Å². The molecule has 69 heavy (non-hydrogen) atoms. The molecule has 0 saturated carbocycles. The first-order valence-corrected chi connectivity index (χ1v) is 26.4. The number of piperidine rings is 2. The number of halogens is 7. The molecule has 2 amide bonds. The highest BCUT2D eigenvalue weighted by atomic mass is 79.9. The third-order valence-corrected chi connectivity index (χ3v) is 16.9. The van der Waals surface area contributed by atoms with E-state index in [0.29, 0.717) is 39.0 Å². The van der Waals surface area contributed by atoms with E-state index >= 15 is 0 Å². The lowest BCUT2D eigenvalue weighted by Gasteiger charge is -2.30. The molecule has 4 aromatic heterocycles. The van der Waals surface area contributed by atoms with Crippen LogP contribution in [-0.4, -0.2) is 68.2 Å². The zero-order chi connectivity index (χ0) is 47.6. The molecule has 0 radical (unpaired) electrons. The minimum Gasteiger partial charge on any atom is -0.342 e. The van der Waals surface area contributed by atoms with E-state index in [-0.39, 0.29) is 24.2 Å². The summed E-state index contributed by atoms with van der Waals surface area (Å²) in [6, 6.07) is 19.5. The second-order valence-electron chi connectivity index (χ2n) is 17.3. The summed E-state index contributed by atoms with van der Waals surface area (Å²) >= 11 is 27.5. The van der Waals surface area contributed by atoms with E-state index in [1.165, 1.54) is 80.5 Å². The summed E-state index contributed by atoms with van der Waals surface area (Å²) in [5.74, 6) is 0.218. The number of aromatic nitrogens is 4. The smallest absolute Gasteiger partial charge is 0.227 e. The Balaban J connectivity index is 0.000000183. The van der Waals surface area contributed by atoms with E-state index in [9.17, 15) is 20.0 Å². The Morgan fingerprint density at radius 2 is 0.913 bits per heavy atom. The first kappa shape index (κ1) is 51.2. The van der Waals surface area contributed by atoms with Gasteiger partial charge in [-0.1, -0.05) is 46.5 Å². The molecule has 0 bridgehead atoms. The van der Waals surface area contributed by atoms with E-state index in [0.717, 1.165) is 111 Å². The van der Waals surface area contributed by atoms with Crippen LogP contribution in [0.1, 0.15) is 81.6 Å². The first-order chi connectivity index (χ1) is 32.8. The quantitative estimate of drug-likeness (QED) is 0.134. The van der Waals surface area contributed by atoms with Gasteiger partial charge in [0.15, 0.2) is 0 Å². The molecule has 17 heteroatoms. The Morgan fingerprint density at radius 1 is 0.551 bits per heavy atom. The summed E-state index contributed by atoms with van der Waals surface area (Å²) in [7, 11) is 0. The average molecular weight is 1250 g/mol. The molecule has 2 N–H and O–H groups in total. The number of rotatable bonds is 4. The minimum atomic E-state index is 0. The SMILES string of the molecule is Cl.O=C(Cc1cc[n+](O)cc1)N1CCC(=C2c3ccc(Cl)c(Br)c3CCc3cc(Br)cnc32)CC1.O=C(Cc1cc[n+](O)cc1)N1CCC(=C2c3ccc(Cl)c(Br)c3CCc3cc(Br)cnc32)CC1. The summed E-state index contributed by atoms with van der Waals surface area (Å²) in [6.07, 6.45) is 17.3. The van der Waals surface area contributed by atoms with Crippen LogP contribution >= 0.6 is 99.3 Å². The molecule has 356 valence electrons. The number of benzene rings is 2. The van der Waals surface area contributed by atoms with Gasteiger partial charge in [0, 0.05) is 101 Å². The van der Waals surface area contributed by atoms with Crippen molar-refractivity contribution in [2.45, 2.75) is 64.2 Å². The Hall–Kier alpha value is -4.15. The molecule has 10 rings (SSSR count). The molecule has 2 aliphatic heterocycles. The van der Waals surface area contributed by atoms with Gasteiger partial charge in [0.1, 0.15) is 0 Å². The highest BCUT2D eigenvalue weighted by molar-refractivity contribution is 9.11. The van der Waals surface area contributed by atoms with Crippen LogP contribution in [-0.2, 0) is 48.1 Å². The van der Waals surface area contributed by atoms with E-state index < -0.39 is 0 Å². The predicted molar refractivity (Wildman–Crippen MR) is 283 cm³/mol. The van der Waals surface area contributed by atoms with Gasteiger partial charge in [-0.25, -0.2) is 0 Å². The number of hydrogen-bond acceptors (Lipinski definition) is 6. The fourth-order valence-electron chi connectivity index (χ4n) is 9.69. The van der Waals surface area contributed by atoms with Gasteiger partial charge in [0.25, 0.3) is 0 Å². The highest BCUT2D eigenvalue weighted by Crippen LogP contribution is 2.44. The number of nitrogens with zero attached hydrogens (tertiary/aromatic N) is 6. The molecular formula is C52H47Br4Cl3N6O4+2. The number of carbonyl (C=O) groups is 2. The fourth-order valence-corrected chi connectivity index (χ4v) is 11.9. The van der Waals surface area contributed by atoms with Crippen molar-refractivity contribution < 1.29 is 29.5 Å². The van der Waals surface area contributed by atoms with Crippen molar-refractivity contribution in [3.63, 3.8) is 0 Å². The predicted octanol–water partition coefficient (Wildman–Crippen LogP) is 11.5. The Kier molecular flexibility index (Phi) is 16.7. The number of hydrogen-bond donors (Lipinski definition) is 2. The van der Waals surface area contributed by atoms with Gasteiger partial charge in [-0.2, -0.15) is 0 Å². The molecular weight excluding hydrogens is 1200 g/mol. The maximum absolute atomic E-state index is 12.9. The number of aryl methyl sites for hydroxylation is 2. The third-order valence-electron chi connectivity index (χ3n) is 13.2. The molecule has 2 saturated heterocycles. The van der Waals surface area contributed by atoms with Crippen LogP contribution in [0.25, 0.3) is 11.1 Å². The first-order valence-electron chi connectivity index (χ1n) is 22.4. The molecule has 10 nitrogen and oxygen atoms in total. The second kappa shape index (κ2) is 22.5. The van der Waals surface area contributed by atoms with Gasteiger partial charge in [-0.15, -0.1) is 12.4 Å².